The molecule has 3 rings (SSSR count). The summed E-state index contributed by atoms with van der Waals surface area (Å²) in [6.45, 7) is 3.92. The van der Waals surface area contributed by atoms with Gasteiger partial charge in [0.1, 0.15) is 6.04 Å². The number of carboxylic acid groups (broad SMARTS) is 1. The van der Waals surface area contributed by atoms with Gasteiger partial charge in [0.15, 0.2) is 0 Å². The third-order valence-corrected chi connectivity index (χ3v) is 4.21. The molecule has 1 fully saturated rings. The molecule has 0 spiro atoms. The third-order valence-electron chi connectivity index (χ3n) is 4.21. The van der Waals surface area contributed by atoms with E-state index in [-0.39, 0.29) is 29.5 Å². The van der Waals surface area contributed by atoms with E-state index in [1.165, 1.54) is 18.2 Å². The van der Waals surface area contributed by atoms with Crippen molar-refractivity contribution in [1.29, 1.82) is 0 Å². The number of carbonyl (C=O) groups excluding carboxylic acids is 2. The molecule has 1 aliphatic heterocycles. The number of benzene rings is 2. The first kappa shape index (κ1) is 16.7. The Morgan fingerprint density at radius 3 is 2.60 bits per heavy atom. The Bertz CT molecular complexity index is 875. The van der Waals surface area contributed by atoms with Gasteiger partial charge in [-0.1, -0.05) is 23.8 Å². The smallest absolute Gasteiger partial charge is 0.335 e. The number of nitrogens with one attached hydrogen (secondary N) is 1. The number of hydrogen-bond donors (Lipinski definition) is 2. The summed E-state index contributed by atoms with van der Waals surface area (Å²) in [4.78, 5) is 37.1. The number of nitrogens with zero attached hydrogens (tertiary/aromatic N) is 1. The number of anilines is 2. The van der Waals surface area contributed by atoms with Crippen LogP contribution >= 0.6 is 0 Å². The number of amides is 2. The lowest BCUT2D eigenvalue weighted by Crippen LogP contribution is -2.35. The Hall–Kier alpha value is -3.15. The lowest BCUT2D eigenvalue weighted by atomic mass is 10.1. The predicted molar refractivity (Wildman–Crippen MR) is 93.8 cm³/mol. The minimum absolute atomic E-state index is 0.0312. The molecule has 25 heavy (non-hydrogen) atoms. The van der Waals surface area contributed by atoms with E-state index in [0.717, 1.165) is 21.7 Å². The highest BCUT2D eigenvalue weighted by Crippen LogP contribution is 2.27. The Morgan fingerprint density at radius 2 is 1.92 bits per heavy atom. The van der Waals surface area contributed by atoms with Crippen LogP contribution in [0.2, 0.25) is 0 Å². The van der Waals surface area contributed by atoms with Crippen molar-refractivity contribution in [3.8, 4) is 0 Å². The largest absolute Gasteiger partial charge is 0.478 e. The van der Waals surface area contributed by atoms with Crippen molar-refractivity contribution >= 4 is 29.2 Å². The van der Waals surface area contributed by atoms with Gasteiger partial charge in [-0.2, -0.15) is 0 Å². The van der Waals surface area contributed by atoms with Crippen LogP contribution in [0.5, 0.6) is 0 Å². The summed E-state index contributed by atoms with van der Waals surface area (Å²) in [6.07, 6.45) is 0.0312. The van der Waals surface area contributed by atoms with Gasteiger partial charge < -0.3 is 10.4 Å². The van der Waals surface area contributed by atoms with Gasteiger partial charge in [-0.3, -0.25) is 9.59 Å². The predicted octanol–water partition coefficient (Wildman–Crippen LogP) is 2.75. The van der Waals surface area contributed by atoms with Crippen LogP contribution in [0.4, 0.5) is 11.4 Å². The highest BCUT2D eigenvalue weighted by atomic mass is 16.4. The van der Waals surface area contributed by atoms with Crippen LogP contribution in [-0.2, 0) is 9.59 Å². The van der Waals surface area contributed by atoms with Gasteiger partial charge in [0.25, 0.3) is 5.91 Å². The van der Waals surface area contributed by atoms with Gasteiger partial charge in [-0.05, 0) is 43.7 Å². The van der Waals surface area contributed by atoms with Crippen LogP contribution in [0, 0.1) is 13.8 Å². The monoisotopic (exact) mass is 338 g/mol. The van der Waals surface area contributed by atoms with E-state index in [9.17, 15) is 14.4 Å². The Labute approximate surface area is 145 Å². The lowest BCUT2D eigenvalue weighted by molar-refractivity contribution is -0.121. The van der Waals surface area contributed by atoms with E-state index >= 15 is 0 Å². The SMILES string of the molecule is Cc1ccc(N[C@H]2CC(=O)N(c3cccc(C(=O)O)c3)C2=O)c(C)c1. The first-order chi connectivity index (χ1) is 11.9. The average Bonchev–Trinajstić information content (AvgIpc) is 2.84. The maximum Gasteiger partial charge on any atom is 0.335 e. The quantitative estimate of drug-likeness (QED) is 0.837. The van der Waals surface area contributed by atoms with E-state index in [1.807, 2.05) is 32.0 Å². The Kier molecular flexibility index (Phi) is 4.27. The highest BCUT2D eigenvalue weighted by Gasteiger charge is 2.39. The van der Waals surface area contributed by atoms with Gasteiger partial charge >= 0.3 is 5.97 Å². The molecular weight excluding hydrogens is 320 g/mol. The molecular formula is C19H18N2O4. The van der Waals surface area contributed by atoms with Crippen LogP contribution in [0.15, 0.2) is 42.5 Å². The van der Waals surface area contributed by atoms with Crippen LogP contribution in [0.1, 0.15) is 27.9 Å². The van der Waals surface area contributed by atoms with Crippen LogP contribution in [0.25, 0.3) is 0 Å². The topological polar surface area (TPSA) is 86.7 Å². The fourth-order valence-electron chi connectivity index (χ4n) is 2.96. The van der Waals surface area contributed by atoms with E-state index in [2.05, 4.69) is 5.32 Å². The van der Waals surface area contributed by atoms with Crippen molar-refractivity contribution in [1.82, 2.24) is 0 Å². The molecule has 128 valence electrons. The van der Waals surface area contributed by atoms with Gasteiger partial charge in [0, 0.05) is 5.69 Å². The Morgan fingerprint density at radius 1 is 1.16 bits per heavy atom. The van der Waals surface area contributed by atoms with Crippen molar-refractivity contribution in [2.45, 2.75) is 26.3 Å². The summed E-state index contributed by atoms with van der Waals surface area (Å²) in [6, 6.07) is 11.0. The van der Waals surface area contributed by atoms with Crippen molar-refractivity contribution in [2.75, 3.05) is 10.2 Å². The highest BCUT2D eigenvalue weighted by molar-refractivity contribution is 6.23. The number of hydrogen-bond acceptors (Lipinski definition) is 4. The summed E-state index contributed by atoms with van der Waals surface area (Å²) in [7, 11) is 0. The van der Waals surface area contributed by atoms with E-state index in [1.54, 1.807) is 6.07 Å². The van der Waals surface area contributed by atoms with E-state index in [0.29, 0.717) is 0 Å². The van der Waals surface area contributed by atoms with Crippen molar-refractivity contribution in [3.63, 3.8) is 0 Å². The second-order valence-corrected chi connectivity index (χ2v) is 6.14. The van der Waals surface area contributed by atoms with E-state index in [4.69, 9.17) is 5.11 Å². The van der Waals surface area contributed by atoms with Crippen molar-refractivity contribution in [3.05, 3.63) is 59.2 Å². The number of rotatable bonds is 4. The molecule has 1 atom stereocenters. The molecule has 1 heterocycles. The fourth-order valence-corrected chi connectivity index (χ4v) is 2.96. The molecule has 2 aromatic rings. The molecule has 2 aromatic carbocycles. The molecule has 2 N–H and O–H groups in total. The summed E-state index contributed by atoms with van der Waals surface area (Å²) in [5.41, 5.74) is 3.22. The molecule has 0 saturated carbocycles. The normalized spacial score (nSPS) is 17.0. The average molecular weight is 338 g/mol. The second kappa shape index (κ2) is 6.39. The molecule has 1 saturated heterocycles. The van der Waals surface area contributed by atoms with Crippen LogP contribution < -0.4 is 10.2 Å². The molecule has 0 bridgehead atoms. The maximum absolute atomic E-state index is 12.7. The first-order valence-corrected chi connectivity index (χ1v) is 7.91. The number of imide groups is 1. The number of carbonyl (C=O) groups is 3. The zero-order valence-electron chi connectivity index (χ0n) is 13.9. The summed E-state index contributed by atoms with van der Waals surface area (Å²) in [5.74, 6) is -1.84. The molecule has 0 unspecified atom stereocenters. The minimum atomic E-state index is -1.11. The Balaban J connectivity index is 1.85. The summed E-state index contributed by atoms with van der Waals surface area (Å²) < 4.78 is 0. The number of aryl methyl sites for hydroxylation is 2. The maximum atomic E-state index is 12.7. The molecule has 0 aliphatic carbocycles. The number of carboxylic acids is 1. The van der Waals surface area contributed by atoms with Crippen molar-refractivity contribution < 1.29 is 19.5 Å². The molecule has 1 aliphatic rings. The number of aromatic carboxylic acids is 1. The minimum Gasteiger partial charge on any atom is -0.478 e. The molecule has 0 aromatic heterocycles. The fraction of sp³-hybridized carbons (Fsp3) is 0.211. The zero-order valence-corrected chi connectivity index (χ0v) is 13.9. The van der Waals surface area contributed by atoms with Crippen LogP contribution in [0.3, 0.4) is 0 Å². The molecule has 2 amide bonds. The standard InChI is InChI=1S/C19H18N2O4/c1-11-6-7-15(12(2)8-11)20-16-10-17(22)21(18(16)23)14-5-3-4-13(9-14)19(24)25/h3-9,16,20H,10H2,1-2H3,(H,24,25)/t16-/m0/s1. The first-order valence-electron chi connectivity index (χ1n) is 7.91. The van der Waals surface area contributed by atoms with Gasteiger partial charge in [-0.25, -0.2) is 9.69 Å². The molecule has 6 heteroatoms. The molecule has 6 nitrogen and oxygen atoms in total. The third kappa shape index (κ3) is 3.24. The molecule has 0 radical (unpaired) electrons. The second-order valence-electron chi connectivity index (χ2n) is 6.14. The van der Waals surface area contributed by atoms with Gasteiger partial charge in [-0.15, -0.1) is 0 Å². The summed E-state index contributed by atoms with van der Waals surface area (Å²) >= 11 is 0. The van der Waals surface area contributed by atoms with Crippen molar-refractivity contribution in [2.24, 2.45) is 0 Å². The summed E-state index contributed by atoms with van der Waals surface area (Å²) in [5, 5.41) is 12.2. The van der Waals surface area contributed by atoms with Gasteiger partial charge in [0.2, 0.25) is 5.91 Å². The lowest BCUT2D eigenvalue weighted by Gasteiger charge is -2.17. The van der Waals surface area contributed by atoms with E-state index < -0.39 is 12.0 Å². The zero-order chi connectivity index (χ0) is 18.1. The van der Waals surface area contributed by atoms with Gasteiger partial charge in [0.05, 0.1) is 17.7 Å². The van der Waals surface area contributed by atoms with Crippen LogP contribution in [-0.4, -0.2) is 28.9 Å².